The lowest BCUT2D eigenvalue weighted by Crippen LogP contribution is -1.97. The van der Waals surface area contributed by atoms with E-state index in [4.69, 9.17) is 22.1 Å². The number of rotatable bonds is 3. The first-order chi connectivity index (χ1) is 9.70. The zero-order chi connectivity index (χ0) is 14.4. The number of benzene rings is 2. The molecule has 0 amide bonds. The van der Waals surface area contributed by atoms with Crippen LogP contribution in [0.4, 0.5) is 4.39 Å². The Morgan fingerprint density at radius 2 is 1.90 bits per heavy atom. The van der Waals surface area contributed by atoms with E-state index in [0.29, 0.717) is 17.9 Å². The van der Waals surface area contributed by atoms with E-state index in [2.05, 4.69) is 11.8 Å². The monoisotopic (exact) mass is 289 g/mol. The van der Waals surface area contributed by atoms with Gasteiger partial charge < -0.3 is 10.5 Å². The summed E-state index contributed by atoms with van der Waals surface area (Å²) in [6, 6.07) is 11.9. The fraction of sp³-hybridized carbons (Fsp3) is 0.125. The molecule has 0 heterocycles. The summed E-state index contributed by atoms with van der Waals surface area (Å²) in [5, 5.41) is 0.0953. The molecule has 0 radical (unpaired) electrons. The van der Waals surface area contributed by atoms with Crippen LogP contribution in [0.5, 0.6) is 5.75 Å². The molecule has 0 atom stereocenters. The maximum absolute atomic E-state index is 13.3. The normalized spacial score (nSPS) is 9.75. The van der Waals surface area contributed by atoms with Crippen LogP contribution in [0.25, 0.3) is 0 Å². The van der Waals surface area contributed by atoms with E-state index < -0.39 is 5.82 Å². The number of hydrogen-bond acceptors (Lipinski definition) is 2. The van der Waals surface area contributed by atoms with Crippen LogP contribution in [0.1, 0.15) is 11.1 Å². The molecule has 2 N–H and O–H groups in total. The van der Waals surface area contributed by atoms with Gasteiger partial charge in [0.15, 0.2) is 0 Å². The van der Waals surface area contributed by atoms with Gasteiger partial charge in [-0.1, -0.05) is 35.6 Å². The molecule has 0 saturated carbocycles. The minimum Gasteiger partial charge on any atom is -0.489 e. The van der Waals surface area contributed by atoms with Crippen LogP contribution in [0.2, 0.25) is 5.02 Å². The van der Waals surface area contributed by atoms with Gasteiger partial charge in [0.1, 0.15) is 18.2 Å². The van der Waals surface area contributed by atoms with Gasteiger partial charge in [0, 0.05) is 11.1 Å². The maximum atomic E-state index is 13.3. The number of nitrogens with two attached hydrogens (primary N) is 1. The van der Waals surface area contributed by atoms with Crippen LogP contribution in [-0.2, 0) is 6.61 Å². The summed E-state index contributed by atoms with van der Waals surface area (Å²) in [6.45, 7) is 0.542. The molecule has 0 aliphatic heterocycles. The van der Waals surface area contributed by atoms with Crippen LogP contribution < -0.4 is 10.5 Å². The largest absolute Gasteiger partial charge is 0.489 e. The highest BCUT2D eigenvalue weighted by atomic mass is 35.5. The van der Waals surface area contributed by atoms with Crippen molar-refractivity contribution in [2.24, 2.45) is 5.73 Å². The first-order valence-electron chi connectivity index (χ1n) is 6.05. The highest BCUT2D eigenvalue weighted by Gasteiger charge is 2.06. The fourth-order valence-electron chi connectivity index (χ4n) is 1.61. The molecule has 4 heteroatoms. The molecule has 0 bridgehead atoms. The van der Waals surface area contributed by atoms with E-state index in [-0.39, 0.29) is 11.6 Å². The molecule has 102 valence electrons. The molecular formula is C16H13ClFNO. The molecule has 2 nitrogen and oxygen atoms in total. The lowest BCUT2D eigenvalue weighted by atomic mass is 10.2. The highest BCUT2D eigenvalue weighted by molar-refractivity contribution is 6.31. The van der Waals surface area contributed by atoms with Crippen LogP contribution in [-0.4, -0.2) is 6.54 Å². The Kier molecular flexibility index (Phi) is 5.00. The Morgan fingerprint density at radius 3 is 2.60 bits per heavy atom. The van der Waals surface area contributed by atoms with Crippen molar-refractivity contribution in [3.05, 3.63) is 64.4 Å². The van der Waals surface area contributed by atoms with Crippen LogP contribution in [0, 0.1) is 17.7 Å². The third-order valence-electron chi connectivity index (χ3n) is 2.62. The summed E-state index contributed by atoms with van der Waals surface area (Å²) >= 11 is 5.86. The highest BCUT2D eigenvalue weighted by Crippen LogP contribution is 2.21. The Balaban J connectivity index is 2.02. The van der Waals surface area contributed by atoms with Crippen molar-refractivity contribution in [3.8, 4) is 17.6 Å². The average molecular weight is 290 g/mol. The number of halogens is 2. The van der Waals surface area contributed by atoms with Gasteiger partial charge in [0.25, 0.3) is 0 Å². The molecule has 20 heavy (non-hydrogen) atoms. The van der Waals surface area contributed by atoms with E-state index in [1.165, 1.54) is 6.07 Å². The number of hydrogen-bond donors (Lipinski definition) is 1. The van der Waals surface area contributed by atoms with Crippen molar-refractivity contribution in [1.82, 2.24) is 0 Å². The predicted molar refractivity (Wildman–Crippen MR) is 78.1 cm³/mol. The second-order valence-corrected chi connectivity index (χ2v) is 4.41. The summed E-state index contributed by atoms with van der Waals surface area (Å²) in [7, 11) is 0. The molecular weight excluding hydrogens is 277 g/mol. The van der Waals surface area contributed by atoms with Crippen molar-refractivity contribution in [2.45, 2.75) is 6.61 Å². The van der Waals surface area contributed by atoms with Crippen LogP contribution in [0.3, 0.4) is 0 Å². The first kappa shape index (κ1) is 14.4. The van der Waals surface area contributed by atoms with E-state index in [0.717, 1.165) is 5.56 Å². The summed E-state index contributed by atoms with van der Waals surface area (Å²) in [4.78, 5) is 0. The SMILES string of the molecule is NCC#Cc1ccc(OCc2cccc(F)c2Cl)cc1. The van der Waals surface area contributed by atoms with Crippen LogP contribution >= 0.6 is 11.6 Å². The Labute approximate surface area is 122 Å². The molecule has 0 unspecified atom stereocenters. The lowest BCUT2D eigenvalue weighted by Gasteiger charge is -2.08. The van der Waals surface area contributed by atoms with Gasteiger partial charge in [0.05, 0.1) is 11.6 Å². The van der Waals surface area contributed by atoms with Crippen molar-refractivity contribution >= 4 is 11.6 Å². The smallest absolute Gasteiger partial charge is 0.142 e. The minimum atomic E-state index is -0.444. The van der Waals surface area contributed by atoms with Gasteiger partial charge in [-0.3, -0.25) is 0 Å². The number of ether oxygens (including phenoxy) is 1. The molecule has 0 aliphatic carbocycles. The van der Waals surface area contributed by atoms with Gasteiger partial charge in [-0.05, 0) is 30.3 Å². The summed E-state index contributed by atoms with van der Waals surface area (Å²) in [5.41, 5.74) is 6.78. The molecule has 2 aromatic carbocycles. The van der Waals surface area contributed by atoms with E-state index in [1.807, 2.05) is 12.1 Å². The second kappa shape index (κ2) is 6.95. The molecule has 0 fully saturated rings. The van der Waals surface area contributed by atoms with E-state index in [9.17, 15) is 4.39 Å². The molecule has 0 aromatic heterocycles. The van der Waals surface area contributed by atoms with Crippen molar-refractivity contribution in [3.63, 3.8) is 0 Å². The Bertz CT molecular complexity index is 644. The van der Waals surface area contributed by atoms with Gasteiger partial charge in [0.2, 0.25) is 0 Å². The van der Waals surface area contributed by atoms with Gasteiger partial charge >= 0.3 is 0 Å². The zero-order valence-electron chi connectivity index (χ0n) is 10.7. The third kappa shape index (κ3) is 3.74. The van der Waals surface area contributed by atoms with Gasteiger partial charge in [-0.15, -0.1) is 0 Å². The summed E-state index contributed by atoms with van der Waals surface area (Å²) in [6.07, 6.45) is 0. The molecule has 0 spiro atoms. The molecule has 2 aromatic rings. The first-order valence-corrected chi connectivity index (χ1v) is 6.43. The Hall–Kier alpha value is -2.02. The third-order valence-corrected chi connectivity index (χ3v) is 3.04. The van der Waals surface area contributed by atoms with Gasteiger partial charge in [-0.2, -0.15) is 0 Å². The average Bonchev–Trinajstić information content (AvgIpc) is 2.48. The van der Waals surface area contributed by atoms with Crippen molar-refractivity contribution in [2.75, 3.05) is 6.54 Å². The zero-order valence-corrected chi connectivity index (χ0v) is 11.5. The van der Waals surface area contributed by atoms with Crippen LogP contribution in [0.15, 0.2) is 42.5 Å². The van der Waals surface area contributed by atoms with Gasteiger partial charge in [-0.25, -0.2) is 4.39 Å². The maximum Gasteiger partial charge on any atom is 0.142 e. The lowest BCUT2D eigenvalue weighted by molar-refractivity contribution is 0.305. The fourth-order valence-corrected chi connectivity index (χ4v) is 1.79. The van der Waals surface area contributed by atoms with E-state index in [1.54, 1.807) is 24.3 Å². The summed E-state index contributed by atoms with van der Waals surface area (Å²) < 4.78 is 18.8. The molecule has 0 saturated heterocycles. The summed E-state index contributed by atoms with van der Waals surface area (Å²) in [5.74, 6) is 5.92. The Morgan fingerprint density at radius 1 is 1.15 bits per heavy atom. The quantitative estimate of drug-likeness (QED) is 0.879. The van der Waals surface area contributed by atoms with Crippen molar-refractivity contribution < 1.29 is 9.13 Å². The van der Waals surface area contributed by atoms with E-state index >= 15 is 0 Å². The molecule has 2 rings (SSSR count). The standard InChI is InChI=1S/C16H13ClFNO/c17-16-13(4-1-5-15(16)18)11-20-14-8-6-12(7-9-14)3-2-10-19/h1,4-9H,10-11,19H2. The van der Waals surface area contributed by atoms with Crippen molar-refractivity contribution in [1.29, 1.82) is 0 Å². The topological polar surface area (TPSA) is 35.2 Å². The second-order valence-electron chi connectivity index (χ2n) is 4.03. The minimum absolute atomic E-state index is 0.0953. The molecule has 0 aliphatic rings. The predicted octanol–water partition coefficient (Wildman–Crippen LogP) is 3.37.